The number of ether oxygens (including phenoxy) is 1. The summed E-state index contributed by atoms with van der Waals surface area (Å²) in [4.78, 5) is 27.1. The zero-order chi connectivity index (χ0) is 22.5. The van der Waals surface area contributed by atoms with Crippen molar-refractivity contribution in [3.8, 4) is 5.75 Å². The fourth-order valence-electron chi connectivity index (χ4n) is 3.55. The zero-order valence-corrected chi connectivity index (χ0v) is 19.5. The normalized spacial score (nSPS) is 12.8. The Balaban J connectivity index is 1.50. The van der Waals surface area contributed by atoms with Crippen molar-refractivity contribution >= 4 is 45.6 Å². The van der Waals surface area contributed by atoms with Crippen LogP contribution in [0.4, 0.5) is 10.7 Å². The van der Waals surface area contributed by atoms with Gasteiger partial charge in [-0.25, -0.2) is 4.68 Å². The molecular formula is C21H24N6O3S2. The van der Waals surface area contributed by atoms with E-state index in [4.69, 9.17) is 4.74 Å². The van der Waals surface area contributed by atoms with Gasteiger partial charge >= 0.3 is 0 Å². The molecule has 0 atom stereocenters. The molecule has 3 aromatic rings. The van der Waals surface area contributed by atoms with Gasteiger partial charge in [0.1, 0.15) is 10.8 Å². The molecule has 4 rings (SSSR count). The number of carbonyl (C=O) groups is 2. The smallest absolute Gasteiger partial charge is 0.258 e. The minimum atomic E-state index is -0.215. The van der Waals surface area contributed by atoms with Crippen LogP contribution in [0.15, 0.2) is 29.4 Å². The number of carbonyl (C=O) groups excluding carboxylic acids is 2. The first kappa shape index (κ1) is 22.3. The van der Waals surface area contributed by atoms with Crippen LogP contribution in [0, 0.1) is 0 Å². The zero-order valence-electron chi connectivity index (χ0n) is 17.9. The van der Waals surface area contributed by atoms with Crippen LogP contribution in [0.2, 0.25) is 0 Å². The molecule has 2 aromatic heterocycles. The number of aryl methyl sites for hydroxylation is 2. The Bertz CT molecular complexity index is 1110. The van der Waals surface area contributed by atoms with Gasteiger partial charge in [0.25, 0.3) is 5.91 Å². The number of nitrogens with zero attached hydrogens (tertiary/aromatic N) is 4. The summed E-state index contributed by atoms with van der Waals surface area (Å²) in [6.45, 7) is 2.56. The Kier molecular flexibility index (Phi) is 7.05. The summed E-state index contributed by atoms with van der Waals surface area (Å²) in [5, 5.41) is 18.5. The lowest BCUT2D eigenvalue weighted by molar-refractivity contribution is -0.113. The van der Waals surface area contributed by atoms with E-state index in [1.807, 2.05) is 6.92 Å². The second-order valence-corrected chi connectivity index (χ2v) is 9.26. The fraction of sp³-hybridized carbons (Fsp3) is 0.381. The molecule has 1 aliphatic rings. The number of nitrogens with one attached hydrogen (secondary N) is 2. The highest BCUT2D eigenvalue weighted by atomic mass is 32.2. The molecule has 11 heteroatoms. The van der Waals surface area contributed by atoms with Crippen LogP contribution < -0.4 is 15.4 Å². The number of tetrazole rings is 1. The highest BCUT2D eigenvalue weighted by Gasteiger charge is 2.26. The SMILES string of the molecule is CCn1nnnc1SCC(=O)Nc1sc2c(c1C(=O)Nc1ccc(OC)cc1)CCCC2. The molecule has 1 aliphatic carbocycles. The Hall–Kier alpha value is -2.92. The number of methoxy groups -OCH3 is 1. The monoisotopic (exact) mass is 472 g/mol. The van der Waals surface area contributed by atoms with Crippen molar-refractivity contribution in [1.29, 1.82) is 0 Å². The largest absolute Gasteiger partial charge is 0.497 e. The minimum Gasteiger partial charge on any atom is -0.497 e. The van der Waals surface area contributed by atoms with Crippen molar-refractivity contribution in [2.24, 2.45) is 0 Å². The van der Waals surface area contributed by atoms with E-state index in [1.165, 1.54) is 28.0 Å². The summed E-state index contributed by atoms with van der Waals surface area (Å²) in [6, 6.07) is 7.18. The number of thiophene rings is 1. The quantitative estimate of drug-likeness (QED) is 0.482. The van der Waals surface area contributed by atoms with E-state index in [9.17, 15) is 9.59 Å². The van der Waals surface area contributed by atoms with Gasteiger partial charge in [0.05, 0.1) is 18.4 Å². The number of rotatable bonds is 8. The lowest BCUT2D eigenvalue weighted by Crippen LogP contribution is -2.19. The van der Waals surface area contributed by atoms with E-state index in [-0.39, 0.29) is 17.6 Å². The Labute approximate surface area is 193 Å². The average Bonchev–Trinajstić information content (AvgIpc) is 3.41. The number of benzene rings is 1. The highest BCUT2D eigenvalue weighted by Crippen LogP contribution is 2.38. The highest BCUT2D eigenvalue weighted by molar-refractivity contribution is 7.99. The van der Waals surface area contributed by atoms with E-state index < -0.39 is 0 Å². The first-order chi connectivity index (χ1) is 15.6. The van der Waals surface area contributed by atoms with Crippen molar-refractivity contribution in [2.45, 2.75) is 44.3 Å². The second kappa shape index (κ2) is 10.1. The number of aromatic nitrogens is 4. The van der Waals surface area contributed by atoms with Crippen molar-refractivity contribution in [1.82, 2.24) is 20.2 Å². The number of fused-ring (bicyclic) bond motifs is 1. The van der Waals surface area contributed by atoms with Gasteiger partial charge in [-0.3, -0.25) is 9.59 Å². The first-order valence-corrected chi connectivity index (χ1v) is 12.2. The molecule has 1 aromatic carbocycles. The van der Waals surface area contributed by atoms with Crippen LogP contribution in [0.1, 0.15) is 40.6 Å². The van der Waals surface area contributed by atoms with Gasteiger partial charge in [-0.05, 0) is 72.9 Å². The molecule has 2 heterocycles. The molecule has 32 heavy (non-hydrogen) atoms. The molecule has 0 spiro atoms. The van der Waals surface area contributed by atoms with Crippen LogP contribution in [-0.4, -0.2) is 44.9 Å². The maximum Gasteiger partial charge on any atom is 0.258 e. The van der Waals surface area contributed by atoms with E-state index in [0.29, 0.717) is 28.0 Å². The third-order valence-electron chi connectivity index (χ3n) is 5.13. The lowest BCUT2D eigenvalue weighted by Gasteiger charge is -2.13. The van der Waals surface area contributed by atoms with Crippen molar-refractivity contribution < 1.29 is 14.3 Å². The number of hydrogen-bond acceptors (Lipinski definition) is 8. The molecule has 0 bridgehead atoms. The van der Waals surface area contributed by atoms with Gasteiger partial charge in [-0.2, -0.15) is 0 Å². The van der Waals surface area contributed by atoms with E-state index >= 15 is 0 Å². The number of anilines is 2. The van der Waals surface area contributed by atoms with Crippen LogP contribution in [0.25, 0.3) is 0 Å². The number of amides is 2. The van der Waals surface area contributed by atoms with Gasteiger partial charge in [-0.15, -0.1) is 16.4 Å². The Morgan fingerprint density at radius 1 is 1.19 bits per heavy atom. The van der Waals surface area contributed by atoms with Crippen LogP contribution in [0.3, 0.4) is 0 Å². The topological polar surface area (TPSA) is 111 Å². The predicted octanol–water partition coefficient (Wildman–Crippen LogP) is 3.63. The molecule has 168 valence electrons. The van der Waals surface area contributed by atoms with E-state index in [0.717, 1.165) is 37.0 Å². The molecule has 0 saturated heterocycles. The third-order valence-corrected chi connectivity index (χ3v) is 7.29. The summed E-state index contributed by atoms with van der Waals surface area (Å²) in [5.41, 5.74) is 2.29. The van der Waals surface area contributed by atoms with Crippen molar-refractivity contribution in [3.05, 3.63) is 40.3 Å². The van der Waals surface area contributed by atoms with Gasteiger partial charge in [-0.1, -0.05) is 11.8 Å². The number of thioether (sulfide) groups is 1. The minimum absolute atomic E-state index is 0.155. The second-order valence-electron chi connectivity index (χ2n) is 7.21. The first-order valence-electron chi connectivity index (χ1n) is 10.4. The maximum atomic E-state index is 13.2. The lowest BCUT2D eigenvalue weighted by atomic mass is 9.95. The third kappa shape index (κ3) is 4.94. The standard InChI is InChI=1S/C21H24N6O3S2/c1-3-27-21(24-25-26-27)31-12-17(28)23-20-18(15-6-4-5-7-16(15)32-20)19(29)22-13-8-10-14(30-2)11-9-13/h8-11H,3-7,12H2,1-2H3,(H,22,29)(H,23,28). The molecule has 0 radical (unpaired) electrons. The van der Waals surface area contributed by atoms with Crippen molar-refractivity contribution in [2.75, 3.05) is 23.5 Å². The summed E-state index contributed by atoms with van der Waals surface area (Å²) >= 11 is 2.77. The molecule has 0 fully saturated rings. The average molecular weight is 473 g/mol. The number of hydrogen-bond donors (Lipinski definition) is 2. The molecule has 0 saturated carbocycles. The van der Waals surface area contributed by atoms with Crippen LogP contribution in [-0.2, 0) is 24.2 Å². The molecule has 2 N–H and O–H groups in total. The van der Waals surface area contributed by atoms with E-state index in [1.54, 1.807) is 36.1 Å². The summed E-state index contributed by atoms with van der Waals surface area (Å²) in [7, 11) is 1.60. The maximum absolute atomic E-state index is 13.2. The van der Waals surface area contributed by atoms with E-state index in [2.05, 4.69) is 26.2 Å². The summed E-state index contributed by atoms with van der Waals surface area (Å²) in [5.74, 6) is 0.461. The molecule has 0 unspecified atom stereocenters. The van der Waals surface area contributed by atoms with Crippen LogP contribution >= 0.6 is 23.1 Å². The summed E-state index contributed by atoms with van der Waals surface area (Å²) < 4.78 is 6.81. The molecular weight excluding hydrogens is 448 g/mol. The molecule has 2 amide bonds. The van der Waals surface area contributed by atoms with Gasteiger partial charge < -0.3 is 15.4 Å². The molecule has 0 aliphatic heterocycles. The Morgan fingerprint density at radius 2 is 1.97 bits per heavy atom. The van der Waals surface area contributed by atoms with Crippen molar-refractivity contribution in [3.63, 3.8) is 0 Å². The van der Waals surface area contributed by atoms with Crippen LogP contribution in [0.5, 0.6) is 5.75 Å². The summed E-state index contributed by atoms with van der Waals surface area (Å²) in [6.07, 6.45) is 3.90. The Morgan fingerprint density at radius 3 is 2.72 bits per heavy atom. The van der Waals surface area contributed by atoms with Gasteiger partial charge in [0.2, 0.25) is 11.1 Å². The fourth-order valence-corrected chi connectivity index (χ4v) is 5.60. The van der Waals surface area contributed by atoms with Gasteiger partial charge in [0, 0.05) is 17.1 Å². The predicted molar refractivity (Wildman–Crippen MR) is 125 cm³/mol. The van der Waals surface area contributed by atoms with Gasteiger partial charge in [0.15, 0.2) is 0 Å². The molecule has 9 nitrogen and oxygen atoms in total.